The second-order valence-corrected chi connectivity index (χ2v) is 27.0. The number of fused-ring (bicyclic) bond motifs is 1. The summed E-state index contributed by atoms with van der Waals surface area (Å²) in [5.41, 5.74) is 2.49. The van der Waals surface area contributed by atoms with Gasteiger partial charge in [0.15, 0.2) is 11.6 Å². The normalized spacial score (nSPS) is 23.4. The fourth-order valence-corrected chi connectivity index (χ4v) is 18.0. The van der Waals surface area contributed by atoms with Crippen LogP contribution in [0.1, 0.15) is 93.9 Å². The predicted molar refractivity (Wildman–Crippen MR) is 292 cm³/mol. The summed E-state index contributed by atoms with van der Waals surface area (Å²) in [6.45, 7) is 5.40. The number of nitrogens with one attached hydrogen (secondary N) is 4. The summed E-state index contributed by atoms with van der Waals surface area (Å²) in [6.07, 6.45) is 1.81. The van der Waals surface area contributed by atoms with Crippen molar-refractivity contribution in [3.63, 3.8) is 0 Å². The number of H-pyrrole nitrogens is 1. The number of methoxy groups -OCH3 is 5. The number of hydrogen-bond acceptors (Lipinski definition) is 13. The molecule has 4 aromatic rings. The topological polar surface area (TPSA) is 209 Å². The van der Waals surface area contributed by atoms with Gasteiger partial charge in [-0.2, -0.15) is 0 Å². The minimum atomic E-state index is -1.40. The highest BCUT2D eigenvalue weighted by atomic mass is 28.3. The zero-order valence-corrected chi connectivity index (χ0v) is 47.1. The molecular weight excluding hydrogens is 1040 g/mol. The molecule has 5 aliphatic heterocycles. The van der Waals surface area contributed by atoms with E-state index in [1.54, 1.807) is 44.1 Å². The Balaban J connectivity index is 1.01. The van der Waals surface area contributed by atoms with Crippen LogP contribution in [0.15, 0.2) is 48.5 Å². The first-order valence-electron chi connectivity index (χ1n) is 27.5. The van der Waals surface area contributed by atoms with E-state index in [4.69, 9.17) is 28.7 Å². The van der Waals surface area contributed by atoms with Crippen LogP contribution >= 0.6 is 0 Å². The maximum atomic E-state index is 16.9. The molecule has 1 aromatic heterocycles. The van der Waals surface area contributed by atoms with E-state index in [-0.39, 0.29) is 35.3 Å². The molecule has 19 nitrogen and oxygen atoms in total. The average molecular weight is 1120 g/mol. The minimum Gasteiger partial charge on any atom is -0.453 e. The number of benzene rings is 3. The van der Waals surface area contributed by atoms with E-state index < -0.39 is 98.0 Å². The molecule has 0 aliphatic carbocycles. The highest BCUT2D eigenvalue weighted by Crippen LogP contribution is 2.50. The number of aromatic amines is 1. The molecule has 5 aliphatic rings. The van der Waals surface area contributed by atoms with Crippen molar-refractivity contribution < 1.29 is 60.8 Å². The molecule has 5 fully saturated rings. The Kier molecular flexibility index (Phi) is 17.8. The van der Waals surface area contributed by atoms with E-state index in [0.29, 0.717) is 80.9 Å². The number of ether oxygens (including phenoxy) is 5. The lowest BCUT2D eigenvalue weighted by Crippen LogP contribution is -2.56. The smallest absolute Gasteiger partial charge is 0.407 e. The molecule has 5 amide bonds. The maximum absolute atomic E-state index is 16.9. The molecule has 4 N–H and O–H groups in total. The summed E-state index contributed by atoms with van der Waals surface area (Å²) >= 11 is 0. The van der Waals surface area contributed by atoms with Crippen LogP contribution in [0.25, 0.3) is 11.0 Å². The Morgan fingerprint density at radius 3 is 1.92 bits per heavy atom. The van der Waals surface area contributed by atoms with Gasteiger partial charge in [0.1, 0.15) is 35.5 Å². The van der Waals surface area contributed by atoms with Crippen LogP contribution in [-0.2, 0) is 38.1 Å². The zero-order chi connectivity index (χ0) is 56.3. The van der Waals surface area contributed by atoms with Gasteiger partial charge < -0.3 is 64.2 Å². The highest BCUT2D eigenvalue weighted by molar-refractivity contribution is 6.80. The van der Waals surface area contributed by atoms with Crippen molar-refractivity contribution in [1.29, 1.82) is 0 Å². The Morgan fingerprint density at radius 2 is 1.33 bits per heavy atom. The molecule has 1 spiro atoms. The molecule has 6 heterocycles. The van der Waals surface area contributed by atoms with E-state index in [9.17, 15) is 24.0 Å². The van der Waals surface area contributed by atoms with E-state index in [1.165, 1.54) is 76.5 Å². The van der Waals surface area contributed by atoms with Gasteiger partial charge in [0, 0.05) is 76.4 Å². The van der Waals surface area contributed by atoms with Crippen LogP contribution in [0, 0.1) is 23.4 Å². The Morgan fingerprint density at radius 1 is 0.722 bits per heavy atom. The quantitative estimate of drug-likeness (QED) is 0.0738. The number of anilines is 3. The SMILES string of the molecule is COC[C@H]1C[C@@H](C(=O)Nc2ccc([C@H]3CC[C@H](c4cc5[nH]c([C@@H]6CCCN6C(=O)[C@@H](NC(=O)OC)[C@@H](C)OC)nc5cc4F)N3c3cc(F)c(N4CC[Si]5(CCCC5)CC4)c(F)c3)cc2)N(C(=O)[C@@H](NC(=O)OC)[C@@H](C)OC)C1. The van der Waals surface area contributed by atoms with Crippen LogP contribution in [-0.4, -0.2) is 156 Å². The summed E-state index contributed by atoms with van der Waals surface area (Å²) in [4.78, 5) is 81.8. The fraction of sp³-hybridized carbons (Fsp3) is 0.571. The molecule has 23 heteroatoms. The number of hydrogen-bond donors (Lipinski definition) is 4. The number of alkyl carbamates (subject to hydrolysis) is 2. The van der Waals surface area contributed by atoms with Gasteiger partial charge in [0.05, 0.1) is 70.3 Å². The number of carbonyl (C=O) groups is 5. The van der Waals surface area contributed by atoms with Crippen LogP contribution < -0.4 is 25.8 Å². The second-order valence-electron chi connectivity index (χ2n) is 22.0. The number of nitrogens with zero attached hydrogens (tertiary/aromatic N) is 5. The lowest BCUT2D eigenvalue weighted by molar-refractivity contribution is -0.141. The van der Waals surface area contributed by atoms with Crippen molar-refractivity contribution in [3.8, 4) is 0 Å². The highest BCUT2D eigenvalue weighted by Gasteiger charge is 2.45. The van der Waals surface area contributed by atoms with Crippen LogP contribution in [0.5, 0.6) is 0 Å². The fourth-order valence-electron chi connectivity index (χ4n) is 13.0. The number of imidazole rings is 1. The summed E-state index contributed by atoms with van der Waals surface area (Å²) in [6, 6.07) is 12.6. The molecule has 9 atom stereocenters. The van der Waals surface area contributed by atoms with Crippen molar-refractivity contribution in [1.82, 2.24) is 30.4 Å². The third-order valence-corrected chi connectivity index (χ3v) is 22.8. The Hall–Kier alpha value is -6.43. The third-order valence-electron chi connectivity index (χ3n) is 17.4. The first-order valence-corrected chi connectivity index (χ1v) is 30.3. The van der Waals surface area contributed by atoms with Crippen molar-refractivity contribution in [2.45, 2.75) is 131 Å². The predicted octanol–water partition coefficient (Wildman–Crippen LogP) is 8.11. The van der Waals surface area contributed by atoms with Crippen molar-refractivity contribution >= 4 is 66.1 Å². The van der Waals surface area contributed by atoms with Gasteiger partial charge in [0.2, 0.25) is 17.7 Å². The van der Waals surface area contributed by atoms with Crippen molar-refractivity contribution in [3.05, 3.63) is 82.9 Å². The van der Waals surface area contributed by atoms with Gasteiger partial charge in [-0.3, -0.25) is 14.4 Å². The molecule has 0 bridgehead atoms. The standard InChI is InChI=1S/C56H74F3N9O10Si/c1-32(75-4)48(63-55(72)77-6)53(70)66-18-10-11-46(66)51-61-42-28-38(39(57)29-43(42)62-51)45-17-16-44(68(45)37-26-40(58)50(41(59)27-37)65-19-23-79(24-20-65)21-8-9-22-79)35-12-14-36(15-13-35)60-52(69)47-25-34(31-74-3)30-67(47)54(71)49(33(2)76-5)64-56(73)78-7/h12-15,26-29,32-34,44-49H,8-11,16-25,30-31H2,1-7H3,(H,60,69)(H,61,62)(H,63,72)(H,64,73)/t32-,33-,34+,44-,45-,46+,47+,48+,49+/m1/s1. The van der Waals surface area contributed by atoms with E-state index in [2.05, 4.69) is 20.9 Å². The van der Waals surface area contributed by atoms with E-state index in [1.807, 2.05) is 21.9 Å². The molecule has 0 unspecified atom stereocenters. The molecule has 3 aromatic carbocycles. The summed E-state index contributed by atoms with van der Waals surface area (Å²) in [5, 5.41) is 8.10. The largest absolute Gasteiger partial charge is 0.453 e. The number of halogens is 3. The summed E-state index contributed by atoms with van der Waals surface area (Å²) in [7, 11) is 5.39. The lowest BCUT2D eigenvalue weighted by atomic mass is 10.0. The molecule has 9 rings (SSSR count). The van der Waals surface area contributed by atoms with Gasteiger partial charge in [-0.15, -0.1) is 0 Å². The molecule has 79 heavy (non-hydrogen) atoms. The van der Waals surface area contributed by atoms with Gasteiger partial charge in [-0.05, 0) is 93.9 Å². The summed E-state index contributed by atoms with van der Waals surface area (Å²) in [5.74, 6) is -3.03. The van der Waals surface area contributed by atoms with Gasteiger partial charge in [-0.1, -0.05) is 37.1 Å². The molecular formula is C56H74F3N9O10Si. The lowest BCUT2D eigenvalue weighted by Gasteiger charge is -2.39. The van der Waals surface area contributed by atoms with Crippen molar-refractivity contribution in [2.24, 2.45) is 5.92 Å². The van der Waals surface area contributed by atoms with Crippen LogP contribution in [0.2, 0.25) is 24.2 Å². The first kappa shape index (κ1) is 57.3. The van der Waals surface area contributed by atoms with E-state index in [0.717, 1.165) is 17.7 Å². The van der Waals surface area contributed by atoms with E-state index >= 15 is 13.2 Å². The molecule has 428 valence electrons. The number of likely N-dealkylation sites (tertiary alicyclic amines) is 2. The van der Waals surface area contributed by atoms with Crippen LogP contribution in [0.4, 0.5) is 39.8 Å². The molecule has 0 saturated carbocycles. The number of carbonyl (C=O) groups excluding carboxylic acids is 5. The number of aromatic nitrogens is 2. The zero-order valence-electron chi connectivity index (χ0n) is 46.1. The number of rotatable bonds is 17. The van der Waals surface area contributed by atoms with Crippen molar-refractivity contribution in [2.75, 3.05) is 83.5 Å². The maximum Gasteiger partial charge on any atom is 0.407 e. The first-order chi connectivity index (χ1) is 38.0. The van der Waals surface area contributed by atoms with Gasteiger partial charge in [-0.25, -0.2) is 27.7 Å². The average Bonchev–Trinajstić information content (AvgIpc) is 4.54. The van der Waals surface area contributed by atoms with Crippen LogP contribution in [0.3, 0.4) is 0 Å². The Labute approximate surface area is 459 Å². The van der Waals surface area contributed by atoms with Gasteiger partial charge >= 0.3 is 12.2 Å². The minimum absolute atomic E-state index is 0.0429. The van der Waals surface area contributed by atoms with Gasteiger partial charge in [0.25, 0.3) is 0 Å². The monoisotopic (exact) mass is 1120 g/mol. The third kappa shape index (κ3) is 11.9. The number of amides is 5. The second kappa shape index (κ2) is 24.5. The Bertz CT molecular complexity index is 2840. The molecule has 5 saturated heterocycles. The molecule has 0 radical (unpaired) electrons. The summed E-state index contributed by atoms with van der Waals surface area (Å²) < 4.78 is 76.3.